The van der Waals surface area contributed by atoms with Crippen molar-refractivity contribution in [3.8, 4) is 0 Å². The molecule has 1 heterocycles. The van der Waals surface area contributed by atoms with Crippen molar-refractivity contribution in [2.75, 3.05) is 13.1 Å². The molecule has 0 saturated carbocycles. The van der Waals surface area contributed by atoms with Crippen LogP contribution in [0.25, 0.3) is 0 Å². The van der Waals surface area contributed by atoms with E-state index in [4.69, 9.17) is 9.84 Å². The minimum Gasteiger partial charge on any atom is -0.480 e. The lowest BCUT2D eigenvalue weighted by Crippen LogP contribution is -2.51. The highest BCUT2D eigenvalue weighted by Gasteiger charge is 2.35. The van der Waals surface area contributed by atoms with E-state index in [1.165, 1.54) is 11.8 Å². The molecule has 27 heavy (non-hydrogen) atoms. The van der Waals surface area contributed by atoms with Gasteiger partial charge < -0.3 is 25.4 Å². The van der Waals surface area contributed by atoms with Gasteiger partial charge >= 0.3 is 12.1 Å². The second-order valence-electron chi connectivity index (χ2n) is 6.23. The monoisotopic (exact) mass is 377 g/mol. The predicted molar refractivity (Wildman–Crippen MR) is 94.6 cm³/mol. The zero-order valence-electron chi connectivity index (χ0n) is 15.0. The maximum atomic E-state index is 12.3. The largest absolute Gasteiger partial charge is 0.480 e. The Kier molecular flexibility index (Phi) is 7.16. The van der Waals surface area contributed by atoms with E-state index in [-0.39, 0.29) is 13.2 Å². The van der Waals surface area contributed by atoms with Crippen LogP contribution in [0.4, 0.5) is 4.79 Å². The molecule has 1 fully saturated rings. The Morgan fingerprint density at radius 3 is 2.63 bits per heavy atom. The second kappa shape index (κ2) is 9.56. The van der Waals surface area contributed by atoms with Gasteiger partial charge in [0.25, 0.3) is 0 Å². The third-order valence-corrected chi connectivity index (χ3v) is 4.20. The van der Waals surface area contributed by atoms with Crippen LogP contribution in [0.3, 0.4) is 0 Å². The molecule has 9 heteroatoms. The fraction of sp³-hybridized carbons (Fsp3) is 0.444. The number of aliphatic carboxylic acids is 1. The number of carboxylic acid groups (broad SMARTS) is 1. The van der Waals surface area contributed by atoms with Crippen molar-refractivity contribution >= 4 is 23.9 Å². The Balaban J connectivity index is 1.79. The van der Waals surface area contributed by atoms with Gasteiger partial charge in [0.15, 0.2) is 0 Å². The quantitative estimate of drug-likeness (QED) is 0.635. The summed E-state index contributed by atoms with van der Waals surface area (Å²) < 4.78 is 5.03. The van der Waals surface area contributed by atoms with Crippen LogP contribution in [0.2, 0.25) is 0 Å². The van der Waals surface area contributed by atoms with Crippen LogP contribution < -0.4 is 10.6 Å². The number of nitrogens with one attached hydrogen (secondary N) is 2. The SMILES string of the molecule is C[C@@H](NC(=O)[C@@H]1CCCN1C(=O)CNC(=O)OCc1ccccc1)C(=O)O. The highest BCUT2D eigenvalue weighted by atomic mass is 16.5. The lowest BCUT2D eigenvalue weighted by Gasteiger charge is -2.24. The standard InChI is InChI=1S/C18H23N3O6/c1-12(17(24)25)20-16(23)14-8-5-9-21(14)15(22)10-19-18(26)27-11-13-6-3-2-4-7-13/h2-4,6-7,12,14H,5,8-11H2,1H3,(H,19,26)(H,20,23)(H,24,25)/t12-,14+/m1/s1. The molecule has 0 radical (unpaired) electrons. The Labute approximate surface area is 156 Å². The summed E-state index contributed by atoms with van der Waals surface area (Å²) in [6, 6.07) is 7.34. The number of likely N-dealkylation sites (tertiary alicyclic amines) is 1. The van der Waals surface area contributed by atoms with E-state index in [1.807, 2.05) is 30.3 Å². The van der Waals surface area contributed by atoms with E-state index in [1.54, 1.807) is 0 Å². The van der Waals surface area contributed by atoms with Gasteiger partial charge in [-0.25, -0.2) is 4.79 Å². The maximum absolute atomic E-state index is 12.3. The maximum Gasteiger partial charge on any atom is 0.407 e. The first-order valence-corrected chi connectivity index (χ1v) is 8.65. The van der Waals surface area contributed by atoms with Gasteiger partial charge in [-0.15, -0.1) is 0 Å². The number of benzene rings is 1. The molecule has 0 spiro atoms. The third kappa shape index (κ3) is 5.98. The number of ether oxygens (including phenoxy) is 1. The average Bonchev–Trinajstić information content (AvgIpc) is 3.15. The number of nitrogens with zero attached hydrogens (tertiary/aromatic N) is 1. The van der Waals surface area contributed by atoms with Gasteiger partial charge in [-0.2, -0.15) is 0 Å². The second-order valence-corrected chi connectivity index (χ2v) is 6.23. The topological polar surface area (TPSA) is 125 Å². The minimum absolute atomic E-state index is 0.0860. The first kappa shape index (κ1) is 20.2. The Morgan fingerprint density at radius 2 is 1.96 bits per heavy atom. The van der Waals surface area contributed by atoms with Crippen molar-refractivity contribution in [1.29, 1.82) is 0 Å². The number of carbonyl (C=O) groups is 4. The summed E-state index contributed by atoms with van der Waals surface area (Å²) in [4.78, 5) is 48.4. The summed E-state index contributed by atoms with van der Waals surface area (Å²) in [6.07, 6.45) is 0.346. The van der Waals surface area contributed by atoms with Crippen LogP contribution in [0.15, 0.2) is 30.3 Å². The third-order valence-electron chi connectivity index (χ3n) is 4.20. The Morgan fingerprint density at radius 1 is 1.26 bits per heavy atom. The highest BCUT2D eigenvalue weighted by molar-refractivity contribution is 5.91. The molecular weight excluding hydrogens is 354 g/mol. The van der Waals surface area contributed by atoms with Crippen molar-refractivity contribution in [2.24, 2.45) is 0 Å². The normalized spacial score (nSPS) is 17.1. The lowest BCUT2D eigenvalue weighted by atomic mass is 10.2. The first-order chi connectivity index (χ1) is 12.9. The molecule has 1 aliphatic rings. The summed E-state index contributed by atoms with van der Waals surface area (Å²) in [6.45, 7) is 1.51. The summed E-state index contributed by atoms with van der Waals surface area (Å²) >= 11 is 0. The van der Waals surface area contributed by atoms with Crippen molar-refractivity contribution in [1.82, 2.24) is 15.5 Å². The molecule has 1 aromatic rings. The van der Waals surface area contributed by atoms with E-state index >= 15 is 0 Å². The fourth-order valence-electron chi connectivity index (χ4n) is 2.73. The molecule has 2 atom stereocenters. The number of alkyl carbamates (subject to hydrolysis) is 1. The Bertz CT molecular complexity index is 694. The van der Waals surface area contributed by atoms with Gasteiger partial charge in [0.1, 0.15) is 25.2 Å². The van der Waals surface area contributed by atoms with Crippen LogP contribution >= 0.6 is 0 Å². The zero-order chi connectivity index (χ0) is 19.8. The van der Waals surface area contributed by atoms with E-state index < -0.39 is 36.0 Å². The van der Waals surface area contributed by atoms with Gasteiger partial charge in [-0.05, 0) is 25.3 Å². The molecule has 0 unspecified atom stereocenters. The molecule has 1 saturated heterocycles. The van der Waals surface area contributed by atoms with E-state index in [9.17, 15) is 19.2 Å². The molecule has 1 aromatic carbocycles. The highest BCUT2D eigenvalue weighted by Crippen LogP contribution is 2.17. The van der Waals surface area contributed by atoms with E-state index in [0.717, 1.165) is 5.56 Å². The number of hydrogen-bond donors (Lipinski definition) is 3. The van der Waals surface area contributed by atoms with Crippen molar-refractivity contribution in [3.63, 3.8) is 0 Å². The summed E-state index contributed by atoms with van der Waals surface area (Å²) in [7, 11) is 0. The smallest absolute Gasteiger partial charge is 0.407 e. The van der Waals surface area contributed by atoms with Crippen LogP contribution in [0.1, 0.15) is 25.3 Å². The minimum atomic E-state index is -1.15. The molecule has 3 amide bonds. The molecule has 146 valence electrons. The van der Waals surface area contributed by atoms with Crippen molar-refractivity contribution in [3.05, 3.63) is 35.9 Å². The van der Waals surface area contributed by atoms with Crippen molar-refractivity contribution < 1.29 is 29.0 Å². The van der Waals surface area contributed by atoms with Crippen LogP contribution in [-0.2, 0) is 25.7 Å². The number of hydrogen-bond acceptors (Lipinski definition) is 5. The molecule has 0 aliphatic carbocycles. The molecule has 2 rings (SSSR count). The first-order valence-electron chi connectivity index (χ1n) is 8.65. The number of amides is 3. The predicted octanol–water partition coefficient (Wildman–Crippen LogP) is 0.493. The lowest BCUT2D eigenvalue weighted by molar-refractivity contribution is -0.143. The number of carboxylic acids is 1. The zero-order valence-corrected chi connectivity index (χ0v) is 15.0. The van der Waals surface area contributed by atoms with Crippen LogP contribution in [0, 0.1) is 0 Å². The van der Waals surface area contributed by atoms with Crippen LogP contribution in [0.5, 0.6) is 0 Å². The molecular formula is C18H23N3O6. The van der Waals surface area contributed by atoms with Gasteiger partial charge in [0, 0.05) is 6.54 Å². The van der Waals surface area contributed by atoms with E-state index in [0.29, 0.717) is 19.4 Å². The van der Waals surface area contributed by atoms with E-state index in [2.05, 4.69) is 10.6 Å². The molecule has 0 aromatic heterocycles. The number of rotatable bonds is 7. The molecule has 0 bridgehead atoms. The average molecular weight is 377 g/mol. The summed E-state index contributed by atoms with van der Waals surface area (Å²) in [5.74, 6) is -2.09. The van der Waals surface area contributed by atoms with Gasteiger partial charge in [0.2, 0.25) is 11.8 Å². The van der Waals surface area contributed by atoms with Gasteiger partial charge in [-0.1, -0.05) is 30.3 Å². The molecule has 1 aliphatic heterocycles. The molecule has 3 N–H and O–H groups in total. The summed E-state index contributed by atoms with van der Waals surface area (Å²) in [5.41, 5.74) is 0.822. The Hall–Kier alpha value is -3.10. The van der Waals surface area contributed by atoms with Gasteiger partial charge in [0.05, 0.1) is 0 Å². The fourth-order valence-corrected chi connectivity index (χ4v) is 2.73. The van der Waals surface area contributed by atoms with Crippen molar-refractivity contribution in [2.45, 2.75) is 38.5 Å². The van der Waals surface area contributed by atoms with Gasteiger partial charge in [-0.3, -0.25) is 14.4 Å². The van der Waals surface area contributed by atoms with Crippen LogP contribution in [-0.4, -0.2) is 59.1 Å². The summed E-state index contributed by atoms with van der Waals surface area (Å²) in [5, 5.41) is 13.6. The molecule has 9 nitrogen and oxygen atoms in total. The number of carbonyl (C=O) groups excluding carboxylic acids is 3.